The predicted molar refractivity (Wildman–Crippen MR) is 89.6 cm³/mol. The van der Waals surface area contributed by atoms with Gasteiger partial charge < -0.3 is 0 Å². The zero-order valence-corrected chi connectivity index (χ0v) is 13.3. The van der Waals surface area contributed by atoms with Crippen LogP contribution in [0, 0.1) is 6.92 Å². The van der Waals surface area contributed by atoms with Gasteiger partial charge in [0.05, 0.1) is 17.8 Å². The highest BCUT2D eigenvalue weighted by atomic mass is 15.2. The van der Waals surface area contributed by atoms with Crippen molar-refractivity contribution in [3.8, 4) is 0 Å². The molecular weight excluding hydrogens is 300 g/mol. The molecule has 0 saturated heterocycles. The maximum Gasteiger partial charge on any atom is 0.153 e. The minimum Gasteiger partial charge on any atom is -0.258 e. The molecule has 0 atom stereocenters. The summed E-state index contributed by atoms with van der Waals surface area (Å²) < 4.78 is 1.76. The number of hydrogen-bond acceptors (Lipinski definition) is 5. The summed E-state index contributed by atoms with van der Waals surface area (Å²) in [6.45, 7) is 1.99. The Labute approximate surface area is 139 Å². The summed E-state index contributed by atoms with van der Waals surface area (Å²) in [4.78, 5) is 17.7. The van der Waals surface area contributed by atoms with Gasteiger partial charge in [-0.1, -0.05) is 6.07 Å². The maximum atomic E-state index is 4.64. The van der Waals surface area contributed by atoms with Crippen LogP contribution in [0.5, 0.6) is 0 Å². The number of rotatable bonds is 4. The molecule has 4 heterocycles. The number of aryl methyl sites for hydroxylation is 1. The minimum atomic E-state index is 0.587. The number of pyridine rings is 1. The van der Waals surface area contributed by atoms with Crippen LogP contribution in [-0.2, 0) is 12.8 Å². The molecule has 0 aliphatic rings. The van der Waals surface area contributed by atoms with Crippen LogP contribution < -0.4 is 0 Å². The van der Waals surface area contributed by atoms with Crippen molar-refractivity contribution in [2.24, 2.45) is 0 Å². The Hall–Kier alpha value is -3.15. The summed E-state index contributed by atoms with van der Waals surface area (Å²) in [6, 6.07) is 11.9. The molecule has 0 aliphatic heterocycles. The lowest BCUT2D eigenvalue weighted by Gasteiger charge is -2.05. The zero-order chi connectivity index (χ0) is 16.4. The molecule has 0 unspecified atom stereocenters. The lowest BCUT2D eigenvalue weighted by atomic mass is 10.2. The van der Waals surface area contributed by atoms with Gasteiger partial charge in [-0.3, -0.25) is 4.98 Å². The van der Waals surface area contributed by atoms with E-state index in [1.165, 1.54) is 0 Å². The van der Waals surface area contributed by atoms with Gasteiger partial charge in [0.2, 0.25) is 0 Å². The van der Waals surface area contributed by atoms with Gasteiger partial charge in [0.15, 0.2) is 5.65 Å². The van der Waals surface area contributed by atoms with E-state index < -0.39 is 0 Å². The van der Waals surface area contributed by atoms with E-state index in [2.05, 4.69) is 25.0 Å². The minimum absolute atomic E-state index is 0.587. The molecular formula is C18H16N6. The Morgan fingerprint density at radius 3 is 2.67 bits per heavy atom. The Morgan fingerprint density at radius 1 is 0.833 bits per heavy atom. The average molecular weight is 316 g/mol. The molecule has 24 heavy (non-hydrogen) atoms. The normalized spacial score (nSPS) is 11.0. The van der Waals surface area contributed by atoms with Crippen molar-refractivity contribution in [2.45, 2.75) is 19.8 Å². The van der Waals surface area contributed by atoms with E-state index in [9.17, 15) is 0 Å². The quantitative estimate of drug-likeness (QED) is 0.578. The summed E-state index contributed by atoms with van der Waals surface area (Å²) in [7, 11) is 0. The molecule has 0 aliphatic carbocycles. The van der Waals surface area contributed by atoms with Gasteiger partial charge in [0.1, 0.15) is 5.82 Å². The first kappa shape index (κ1) is 14.4. The first-order chi connectivity index (χ1) is 11.8. The molecule has 0 saturated carbocycles. The lowest BCUT2D eigenvalue weighted by molar-refractivity contribution is 0.832. The smallest absolute Gasteiger partial charge is 0.153 e. The summed E-state index contributed by atoms with van der Waals surface area (Å²) >= 11 is 0. The van der Waals surface area contributed by atoms with E-state index >= 15 is 0 Å². The summed E-state index contributed by atoms with van der Waals surface area (Å²) in [5.41, 5.74) is 4.73. The van der Waals surface area contributed by atoms with Gasteiger partial charge in [-0.2, -0.15) is 5.10 Å². The van der Waals surface area contributed by atoms with Crippen LogP contribution in [0.4, 0.5) is 0 Å². The Kier molecular flexibility index (Phi) is 3.70. The van der Waals surface area contributed by atoms with Crippen molar-refractivity contribution in [1.29, 1.82) is 0 Å². The number of aromatic nitrogens is 6. The second-order valence-corrected chi connectivity index (χ2v) is 5.64. The molecule has 6 heteroatoms. The van der Waals surface area contributed by atoms with Crippen LogP contribution in [-0.4, -0.2) is 29.5 Å². The van der Waals surface area contributed by atoms with Crippen LogP contribution >= 0.6 is 0 Å². The first-order valence-electron chi connectivity index (χ1n) is 7.79. The van der Waals surface area contributed by atoms with Gasteiger partial charge in [-0.25, -0.2) is 19.5 Å². The number of imidazole rings is 1. The van der Waals surface area contributed by atoms with Gasteiger partial charge in [-0.15, -0.1) is 0 Å². The maximum absolute atomic E-state index is 4.64. The number of nitrogens with zero attached hydrogens (tertiary/aromatic N) is 6. The van der Waals surface area contributed by atoms with Crippen molar-refractivity contribution in [2.75, 3.05) is 0 Å². The van der Waals surface area contributed by atoms with Crippen molar-refractivity contribution in [1.82, 2.24) is 29.5 Å². The zero-order valence-electron chi connectivity index (χ0n) is 13.3. The SMILES string of the molecule is Cc1cccc(Cc2ccnc(Cc3ccc4nccn4n3)n2)n1. The molecule has 4 rings (SSSR count). The van der Waals surface area contributed by atoms with Gasteiger partial charge in [0, 0.05) is 36.4 Å². The summed E-state index contributed by atoms with van der Waals surface area (Å²) in [6.07, 6.45) is 6.65. The van der Waals surface area contributed by atoms with Crippen molar-refractivity contribution >= 4 is 5.65 Å². The number of hydrogen-bond donors (Lipinski definition) is 0. The van der Waals surface area contributed by atoms with Crippen LogP contribution in [0.15, 0.2) is 55.0 Å². The molecule has 4 aromatic heterocycles. The van der Waals surface area contributed by atoms with E-state index in [-0.39, 0.29) is 0 Å². The third-order valence-corrected chi connectivity index (χ3v) is 3.72. The molecule has 0 bridgehead atoms. The van der Waals surface area contributed by atoms with Crippen LogP contribution in [0.25, 0.3) is 5.65 Å². The van der Waals surface area contributed by atoms with E-state index in [4.69, 9.17) is 0 Å². The standard InChI is InChI=1S/C18H16N6/c1-13-3-2-4-14(21-13)11-15-7-8-19-17(22-15)12-16-5-6-18-20-9-10-24(18)23-16/h2-10H,11-12H2,1H3. The third kappa shape index (κ3) is 3.12. The molecule has 6 nitrogen and oxygen atoms in total. The second-order valence-electron chi connectivity index (χ2n) is 5.64. The summed E-state index contributed by atoms with van der Waals surface area (Å²) in [5, 5.41) is 4.52. The molecule has 4 aromatic rings. The molecule has 0 radical (unpaired) electrons. The van der Waals surface area contributed by atoms with E-state index in [1.807, 2.05) is 49.5 Å². The average Bonchev–Trinajstić information content (AvgIpc) is 3.03. The molecule has 0 spiro atoms. The molecule has 118 valence electrons. The van der Waals surface area contributed by atoms with Crippen molar-refractivity contribution in [3.63, 3.8) is 0 Å². The number of fused-ring (bicyclic) bond motifs is 1. The largest absolute Gasteiger partial charge is 0.258 e. The fraction of sp³-hybridized carbons (Fsp3) is 0.167. The van der Waals surface area contributed by atoms with Gasteiger partial charge >= 0.3 is 0 Å². The second kappa shape index (κ2) is 6.16. The lowest BCUT2D eigenvalue weighted by Crippen LogP contribution is -2.04. The predicted octanol–water partition coefficient (Wildman–Crippen LogP) is 2.40. The van der Waals surface area contributed by atoms with Gasteiger partial charge in [-0.05, 0) is 37.3 Å². The van der Waals surface area contributed by atoms with E-state index in [1.54, 1.807) is 16.9 Å². The summed E-state index contributed by atoms with van der Waals surface area (Å²) in [5.74, 6) is 0.757. The highest BCUT2D eigenvalue weighted by molar-refractivity contribution is 5.36. The molecule has 0 aromatic carbocycles. The van der Waals surface area contributed by atoms with E-state index in [0.29, 0.717) is 12.8 Å². The first-order valence-corrected chi connectivity index (χ1v) is 7.79. The Bertz CT molecular complexity index is 991. The van der Waals surface area contributed by atoms with Gasteiger partial charge in [0.25, 0.3) is 0 Å². The topological polar surface area (TPSA) is 68.9 Å². The Balaban J connectivity index is 1.55. The van der Waals surface area contributed by atoms with Crippen molar-refractivity contribution in [3.05, 3.63) is 83.6 Å². The highest BCUT2D eigenvalue weighted by Crippen LogP contribution is 2.09. The molecule has 0 fully saturated rings. The fourth-order valence-corrected chi connectivity index (χ4v) is 2.62. The Morgan fingerprint density at radius 2 is 1.75 bits per heavy atom. The van der Waals surface area contributed by atoms with Crippen LogP contribution in [0.2, 0.25) is 0 Å². The monoisotopic (exact) mass is 316 g/mol. The van der Waals surface area contributed by atoms with E-state index in [0.717, 1.165) is 34.2 Å². The van der Waals surface area contributed by atoms with Crippen molar-refractivity contribution < 1.29 is 0 Å². The third-order valence-electron chi connectivity index (χ3n) is 3.72. The highest BCUT2D eigenvalue weighted by Gasteiger charge is 2.06. The molecule has 0 N–H and O–H groups in total. The fourth-order valence-electron chi connectivity index (χ4n) is 2.62. The van der Waals surface area contributed by atoms with Crippen LogP contribution in [0.3, 0.4) is 0 Å². The molecule has 0 amide bonds. The van der Waals surface area contributed by atoms with Crippen LogP contribution in [0.1, 0.15) is 28.6 Å².